The zero-order valence-corrected chi connectivity index (χ0v) is 12.7. The molecule has 1 heterocycles. The Labute approximate surface area is 121 Å². The van der Waals surface area contributed by atoms with Gasteiger partial charge in [0.1, 0.15) is 17.5 Å². The van der Waals surface area contributed by atoms with E-state index in [9.17, 15) is 5.11 Å². The second kappa shape index (κ2) is 6.88. The van der Waals surface area contributed by atoms with E-state index in [1.165, 1.54) is 0 Å². The molecule has 0 amide bonds. The van der Waals surface area contributed by atoms with Crippen LogP contribution in [-0.2, 0) is 6.42 Å². The van der Waals surface area contributed by atoms with E-state index in [1.54, 1.807) is 0 Å². The van der Waals surface area contributed by atoms with Crippen LogP contribution in [-0.4, -0.2) is 34.3 Å². The average Bonchev–Trinajstić information content (AvgIpc) is 2.42. The predicted molar refractivity (Wildman–Crippen MR) is 82.1 cm³/mol. The third kappa shape index (κ3) is 3.60. The second-order valence-electron chi connectivity index (χ2n) is 5.61. The molecule has 5 heteroatoms. The molecule has 3 N–H and O–H groups in total. The Balaban J connectivity index is 2.05. The van der Waals surface area contributed by atoms with Gasteiger partial charge >= 0.3 is 0 Å². The van der Waals surface area contributed by atoms with Gasteiger partial charge in [-0.1, -0.05) is 13.8 Å². The van der Waals surface area contributed by atoms with Crippen molar-refractivity contribution in [3.05, 3.63) is 11.4 Å². The lowest BCUT2D eigenvalue weighted by Gasteiger charge is -2.31. The van der Waals surface area contributed by atoms with Crippen molar-refractivity contribution in [3.8, 4) is 0 Å². The molecular weight excluding hydrogens is 252 g/mol. The van der Waals surface area contributed by atoms with Gasteiger partial charge in [0.05, 0.1) is 6.10 Å². The van der Waals surface area contributed by atoms with Crippen molar-refractivity contribution in [2.45, 2.75) is 52.6 Å². The molecule has 0 unspecified atom stereocenters. The van der Waals surface area contributed by atoms with Gasteiger partial charge in [0, 0.05) is 25.1 Å². The zero-order chi connectivity index (χ0) is 14.5. The molecule has 5 nitrogen and oxygen atoms in total. The molecule has 1 aliphatic rings. The topological polar surface area (TPSA) is 70.1 Å². The van der Waals surface area contributed by atoms with E-state index in [4.69, 9.17) is 0 Å². The summed E-state index contributed by atoms with van der Waals surface area (Å²) in [4.78, 5) is 9.14. The summed E-state index contributed by atoms with van der Waals surface area (Å²) in [6.07, 6.45) is 3.62. The molecule has 0 atom stereocenters. The van der Waals surface area contributed by atoms with Crippen LogP contribution in [0.5, 0.6) is 0 Å². The summed E-state index contributed by atoms with van der Waals surface area (Å²) in [5, 5.41) is 16.1. The first-order valence-corrected chi connectivity index (χ1v) is 7.67. The summed E-state index contributed by atoms with van der Waals surface area (Å²) in [6, 6.07) is 0. The molecule has 1 aromatic heterocycles. The molecule has 0 bridgehead atoms. The molecule has 20 heavy (non-hydrogen) atoms. The third-order valence-electron chi connectivity index (χ3n) is 3.82. The van der Waals surface area contributed by atoms with E-state index >= 15 is 0 Å². The van der Waals surface area contributed by atoms with Crippen molar-refractivity contribution in [2.24, 2.45) is 5.92 Å². The van der Waals surface area contributed by atoms with Gasteiger partial charge in [0.15, 0.2) is 0 Å². The SMILES string of the molecule is CCCNc1nc(CC)nc(NCC2CC(O)C2)c1C. The van der Waals surface area contributed by atoms with Crippen LogP contribution in [0.25, 0.3) is 0 Å². The van der Waals surface area contributed by atoms with Crippen LogP contribution in [0, 0.1) is 12.8 Å². The average molecular weight is 278 g/mol. The molecule has 1 aliphatic carbocycles. The normalized spacial score (nSPS) is 21.4. The Morgan fingerprint density at radius 1 is 1.15 bits per heavy atom. The van der Waals surface area contributed by atoms with Gasteiger partial charge in [-0.15, -0.1) is 0 Å². The van der Waals surface area contributed by atoms with Crippen molar-refractivity contribution in [1.82, 2.24) is 9.97 Å². The van der Waals surface area contributed by atoms with Gasteiger partial charge < -0.3 is 15.7 Å². The smallest absolute Gasteiger partial charge is 0.134 e. The molecule has 0 spiro atoms. The standard InChI is InChI=1S/C15H26N4O/c1-4-6-16-14-10(3)15(19-13(5-2)18-14)17-9-11-7-12(20)8-11/h11-12,20H,4-9H2,1-3H3,(H2,16,17,18,19). The fourth-order valence-electron chi connectivity index (χ4n) is 2.42. The highest BCUT2D eigenvalue weighted by atomic mass is 16.3. The summed E-state index contributed by atoms with van der Waals surface area (Å²) < 4.78 is 0. The van der Waals surface area contributed by atoms with Crippen LogP contribution in [0.2, 0.25) is 0 Å². The van der Waals surface area contributed by atoms with Gasteiger partial charge in [-0.05, 0) is 32.1 Å². The third-order valence-corrected chi connectivity index (χ3v) is 3.82. The highest BCUT2D eigenvalue weighted by Crippen LogP contribution is 2.28. The minimum atomic E-state index is -0.0960. The van der Waals surface area contributed by atoms with E-state index in [0.29, 0.717) is 5.92 Å². The summed E-state index contributed by atoms with van der Waals surface area (Å²) >= 11 is 0. The molecule has 2 rings (SSSR count). The number of aryl methyl sites for hydroxylation is 1. The number of nitrogens with one attached hydrogen (secondary N) is 2. The fourth-order valence-corrected chi connectivity index (χ4v) is 2.42. The second-order valence-corrected chi connectivity index (χ2v) is 5.61. The minimum Gasteiger partial charge on any atom is -0.393 e. The van der Waals surface area contributed by atoms with Crippen LogP contribution in [0.4, 0.5) is 11.6 Å². The highest BCUT2D eigenvalue weighted by molar-refractivity contribution is 5.57. The molecule has 0 radical (unpaired) electrons. The quantitative estimate of drug-likeness (QED) is 0.714. The molecule has 0 aromatic carbocycles. The van der Waals surface area contributed by atoms with Crippen LogP contribution < -0.4 is 10.6 Å². The number of aromatic nitrogens is 2. The van der Waals surface area contributed by atoms with Crippen LogP contribution >= 0.6 is 0 Å². The van der Waals surface area contributed by atoms with E-state index < -0.39 is 0 Å². The summed E-state index contributed by atoms with van der Waals surface area (Å²) in [7, 11) is 0. The van der Waals surface area contributed by atoms with Crippen molar-refractivity contribution >= 4 is 11.6 Å². The number of aliphatic hydroxyl groups is 1. The zero-order valence-electron chi connectivity index (χ0n) is 12.7. The Hall–Kier alpha value is -1.36. The van der Waals surface area contributed by atoms with Gasteiger partial charge in [-0.3, -0.25) is 0 Å². The molecule has 112 valence electrons. The van der Waals surface area contributed by atoms with Crippen molar-refractivity contribution in [3.63, 3.8) is 0 Å². The molecule has 1 saturated carbocycles. The fraction of sp³-hybridized carbons (Fsp3) is 0.733. The van der Waals surface area contributed by atoms with E-state index in [0.717, 1.165) is 61.8 Å². The van der Waals surface area contributed by atoms with Gasteiger partial charge in [-0.25, -0.2) is 9.97 Å². The molecule has 0 saturated heterocycles. The lowest BCUT2D eigenvalue weighted by Crippen LogP contribution is -2.33. The van der Waals surface area contributed by atoms with Crippen molar-refractivity contribution < 1.29 is 5.11 Å². The maximum absolute atomic E-state index is 9.33. The number of rotatable bonds is 7. The first kappa shape index (κ1) is 15.0. The monoisotopic (exact) mass is 278 g/mol. The largest absolute Gasteiger partial charge is 0.393 e. The van der Waals surface area contributed by atoms with Gasteiger partial charge in [-0.2, -0.15) is 0 Å². The number of hydrogen-bond donors (Lipinski definition) is 3. The van der Waals surface area contributed by atoms with E-state index in [2.05, 4.69) is 41.4 Å². The predicted octanol–water partition coefficient (Wildman–Crippen LogP) is 2.35. The first-order chi connectivity index (χ1) is 9.63. The Kier molecular flexibility index (Phi) is 5.17. The van der Waals surface area contributed by atoms with Crippen LogP contribution in [0.15, 0.2) is 0 Å². The van der Waals surface area contributed by atoms with E-state index in [-0.39, 0.29) is 6.10 Å². The van der Waals surface area contributed by atoms with Crippen LogP contribution in [0.3, 0.4) is 0 Å². The lowest BCUT2D eigenvalue weighted by atomic mass is 9.82. The maximum atomic E-state index is 9.33. The molecular formula is C15H26N4O. The number of anilines is 2. The van der Waals surface area contributed by atoms with Crippen molar-refractivity contribution in [2.75, 3.05) is 23.7 Å². The molecule has 1 aromatic rings. The summed E-state index contributed by atoms with van der Waals surface area (Å²) in [6.45, 7) is 8.07. The lowest BCUT2D eigenvalue weighted by molar-refractivity contribution is 0.0486. The Morgan fingerprint density at radius 2 is 1.80 bits per heavy atom. The summed E-state index contributed by atoms with van der Waals surface area (Å²) in [5.74, 6) is 3.30. The minimum absolute atomic E-state index is 0.0960. The Bertz CT molecular complexity index is 444. The summed E-state index contributed by atoms with van der Waals surface area (Å²) in [5.41, 5.74) is 1.08. The van der Waals surface area contributed by atoms with E-state index in [1.807, 2.05) is 0 Å². The number of nitrogens with zero attached hydrogens (tertiary/aromatic N) is 2. The van der Waals surface area contributed by atoms with Crippen LogP contribution in [0.1, 0.15) is 44.5 Å². The molecule has 1 fully saturated rings. The first-order valence-electron chi connectivity index (χ1n) is 7.67. The maximum Gasteiger partial charge on any atom is 0.134 e. The van der Waals surface area contributed by atoms with Crippen molar-refractivity contribution in [1.29, 1.82) is 0 Å². The number of aliphatic hydroxyl groups excluding tert-OH is 1. The van der Waals surface area contributed by atoms with Gasteiger partial charge in [0.25, 0.3) is 0 Å². The number of hydrogen-bond acceptors (Lipinski definition) is 5. The Morgan fingerprint density at radius 3 is 2.35 bits per heavy atom. The molecule has 0 aliphatic heterocycles. The highest BCUT2D eigenvalue weighted by Gasteiger charge is 2.27. The van der Waals surface area contributed by atoms with Gasteiger partial charge in [0.2, 0.25) is 0 Å².